The first-order valence-corrected chi connectivity index (χ1v) is 12.4. The van der Waals surface area contributed by atoms with Crippen molar-refractivity contribution >= 4 is 15.9 Å². The van der Waals surface area contributed by atoms with E-state index in [0.29, 0.717) is 42.8 Å². The van der Waals surface area contributed by atoms with Crippen LogP contribution in [0.25, 0.3) is 0 Å². The van der Waals surface area contributed by atoms with Crippen molar-refractivity contribution in [3.63, 3.8) is 0 Å². The third kappa shape index (κ3) is 5.35. The van der Waals surface area contributed by atoms with Crippen molar-refractivity contribution in [2.45, 2.75) is 37.2 Å². The molecule has 0 N–H and O–H groups in total. The van der Waals surface area contributed by atoms with Gasteiger partial charge in [0, 0.05) is 26.5 Å². The van der Waals surface area contributed by atoms with E-state index in [4.69, 9.17) is 14.0 Å². The average Bonchev–Trinajstić information content (AvgIpc) is 3.36. The summed E-state index contributed by atoms with van der Waals surface area (Å²) in [4.78, 5) is 6.45. The number of ether oxygens (including phenoxy) is 2. The molecule has 31 heavy (non-hydrogen) atoms. The summed E-state index contributed by atoms with van der Waals surface area (Å²) < 4.78 is 53.0. The molecule has 1 aliphatic carbocycles. The zero-order chi connectivity index (χ0) is 22.0. The summed E-state index contributed by atoms with van der Waals surface area (Å²) in [6.07, 6.45) is 5.29. The zero-order valence-corrected chi connectivity index (χ0v) is 18.6. The lowest BCUT2D eigenvalue weighted by atomic mass is 9.90. The number of nitrogens with zero attached hydrogens (tertiary/aromatic N) is 3. The van der Waals surface area contributed by atoms with Gasteiger partial charge in [0.15, 0.2) is 27.2 Å². The zero-order valence-electron chi connectivity index (χ0n) is 17.8. The number of piperidine rings is 1. The predicted molar refractivity (Wildman–Crippen MR) is 111 cm³/mol. The van der Waals surface area contributed by atoms with Crippen LogP contribution in [-0.4, -0.2) is 51.6 Å². The number of halogens is 1. The largest absolute Gasteiger partial charge is 0.491 e. The van der Waals surface area contributed by atoms with Gasteiger partial charge in [-0.15, -0.1) is 0 Å². The Labute approximate surface area is 181 Å². The van der Waals surface area contributed by atoms with Crippen LogP contribution in [0.5, 0.6) is 5.75 Å². The van der Waals surface area contributed by atoms with Crippen molar-refractivity contribution < 1.29 is 26.8 Å². The molecule has 2 heterocycles. The Hall–Kier alpha value is -2.20. The Bertz CT molecular complexity index is 1000. The summed E-state index contributed by atoms with van der Waals surface area (Å²) in [7, 11) is -1.83. The van der Waals surface area contributed by atoms with E-state index in [2.05, 4.69) is 15.0 Å². The van der Waals surface area contributed by atoms with Crippen LogP contribution >= 0.6 is 0 Å². The van der Waals surface area contributed by atoms with Crippen molar-refractivity contribution in [3.05, 3.63) is 29.8 Å². The third-order valence-corrected chi connectivity index (χ3v) is 7.31. The quantitative estimate of drug-likeness (QED) is 0.572. The Morgan fingerprint density at radius 2 is 2.06 bits per heavy atom. The van der Waals surface area contributed by atoms with Crippen LogP contribution in [0.3, 0.4) is 0 Å². The predicted octanol–water partition coefficient (Wildman–Crippen LogP) is 3.08. The number of sulfone groups is 1. The molecule has 1 aliphatic heterocycles. The maximum absolute atomic E-state index is 14.1. The van der Waals surface area contributed by atoms with Crippen molar-refractivity contribution in [1.29, 1.82) is 0 Å². The van der Waals surface area contributed by atoms with Crippen molar-refractivity contribution in [2.75, 3.05) is 38.0 Å². The second-order valence-electron chi connectivity index (χ2n) is 8.41. The molecule has 0 spiro atoms. The molecule has 2 aromatic rings. The number of aromatic nitrogens is 2. The van der Waals surface area contributed by atoms with Gasteiger partial charge >= 0.3 is 6.01 Å². The van der Waals surface area contributed by atoms with Crippen molar-refractivity contribution in [2.24, 2.45) is 17.8 Å². The molecule has 4 rings (SSSR count). The molecule has 0 bridgehead atoms. The molecular formula is C21H28FN3O5S. The van der Waals surface area contributed by atoms with Gasteiger partial charge in [-0.05, 0) is 61.6 Å². The average molecular weight is 454 g/mol. The third-order valence-electron chi connectivity index (χ3n) is 6.20. The highest BCUT2D eigenvalue weighted by Crippen LogP contribution is 2.50. The summed E-state index contributed by atoms with van der Waals surface area (Å²) in [5, 5.41) is 3.92. The normalized spacial score (nSPS) is 22.0. The fraction of sp³-hybridized carbons (Fsp3) is 0.619. The standard InChI is InChI=1S/C21H28FN3O5S/c1-28-13-20-23-21(30-24-20)25-8-5-14(6-9-25)17-11-15(17)7-10-29-19-4-3-16(12-18(19)22)31(2,26)27/h3-4,12,14-15,17H,5-11,13H2,1-2H3. The molecule has 1 saturated heterocycles. The lowest BCUT2D eigenvalue weighted by Gasteiger charge is -2.30. The van der Waals surface area contributed by atoms with Crippen molar-refractivity contribution in [3.8, 4) is 5.75 Å². The Morgan fingerprint density at radius 3 is 2.74 bits per heavy atom. The van der Waals surface area contributed by atoms with Crippen LogP contribution in [0.2, 0.25) is 0 Å². The van der Waals surface area contributed by atoms with E-state index < -0.39 is 15.7 Å². The highest BCUT2D eigenvalue weighted by Gasteiger charge is 2.43. The second-order valence-corrected chi connectivity index (χ2v) is 10.4. The van der Waals surface area contributed by atoms with Gasteiger partial charge in [0.2, 0.25) is 0 Å². The van der Waals surface area contributed by atoms with Crippen LogP contribution in [0.15, 0.2) is 27.6 Å². The van der Waals surface area contributed by atoms with Gasteiger partial charge in [-0.25, -0.2) is 12.8 Å². The Morgan fingerprint density at radius 1 is 1.29 bits per heavy atom. The van der Waals surface area contributed by atoms with Gasteiger partial charge < -0.3 is 18.9 Å². The summed E-state index contributed by atoms with van der Waals surface area (Å²) in [5.74, 6) is 1.99. The van der Waals surface area contributed by atoms with Crippen LogP contribution < -0.4 is 9.64 Å². The number of anilines is 1. The van der Waals surface area contributed by atoms with E-state index in [9.17, 15) is 12.8 Å². The molecule has 170 valence electrons. The smallest absolute Gasteiger partial charge is 0.324 e. The highest BCUT2D eigenvalue weighted by atomic mass is 32.2. The molecule has 2 fully saturated rings. The number of hydrogen-bond acceptors (Lipinski definition) is 8. The van der Waals surface area contributed by atoms with E-state index >= 15 is 0 Å². The minimum atomic E-state index is -3.43. The molecule has 2 unspecified atom stereocenters. The van der Waals surface area contributed by atoms with E-state index in [0.717, 1.165) is 44.7 Å². The summed E-state index contributed by atoms with van der Waals surface area (Å²) in [5.41, 5.74) is 0. The van der Waals surface area contributed by atoms with Crippen LogP contribution in [0, 0.1) is 23.6 Å². The van der Waals surface area contributed by atoms with Gasteiger partial charge in [-0.2, -0.15) is 4.98 Å². The van der Waals surface area contributed by atoms with Crippen LogP contribution in [-0.2, 0) is 21.2 Å². The number of benzene rings is 1. The minimum absolute atomic E-state index is 0.0404. The number of methoxy groups -OCH3 is 1. The highest BCUT2D eigenvalue weighted by molar-refractivity contribution is 7.90. The number of hydrogen-bond donors (Lipinski definition) is 0. The first-order chi connectivity index (χ1) is 14.8. The molecular weight excluding hydrogens is 425 g/mol. The summed E-state index contributed by atoms with van der Waals surface area (Å²) >= 11 is 0. The fourth-order valence-electron chi connectivity index (χ4n) is 4.41. The van der Waals surface area contributed by atoms with Gasteiger partial charge in [0.1, 0.15) is 6.61 Å². The second kappa shape index (κ2) is 9.12. The molecule has 1 aromatic heterocycles. The first kappa shape index (κ1) is 22.0. The topological polar surface area (TPSA) is 94.8 Å². The van der Waals surface area contributed by atoms with Crippen LogP contribution in [0.1, 0.15) is 31.5 Å². The molecule has 0 radical (unpaired) electrons. The Kier molecular flexibility index (Phi) is 6.47. The van der Waals surface area contributed by atoms with Gasteiger partial charge in [-0.1, -0.05) is 5.16 Å². The molecule has 8 nitrogen and oxygen atoms in total. The minimum Gasteiger partial charge on any atom is -0.491 e. The summed E-state index contributed by atoms with van der Waals surface area (Å²) in [6.45, 7) is 2.57. The van der Waals surface area contributed by atoms with Gasteiger partial charge in [0.05, 0.1) is 11.5 Å². The van der Waals surface area contributed by atoms with E-state index in [-0.39, 0.29) is 10.6 Å². The molecule has 0 amide bonds. The monoisotopic (exact) mass is 453 g/mol. The fourth-order valence-corrected chi connectivity index (χ4v) is 5.04. The SMILES string of the molecule is COCc1noc(N2CCC(C3CC3CCOc3ccc(S(C)(=O)=O)cc3F)CC2)n1. The molecule has 2 atom stereocenters. The lowest BCUT2D eigenvalue weighted by Crippen LogP contribution is -2.34. The Balaban J connectivity index is 1.19. The van der Waals surface area contributed by atoms with E-state index in [1.54, 1.807) is 7.11 Å². The van der Waals surface area contributed by atoms with Crippen LogP contribution in [0.4, 0.5) is 10.4 Å². The first-order valence-electron chi connectivity index (χ1n) is 10.5. The maximum Gasteiger partial charge on any atom is 0.324 e. The maximum atomic E-state index is 14.1. The molecule has 2 aliphatic rings. The van der Waals surface area contributed by atoms with Gasteiger partial charge in [0.25, 0.3) is 0 Å². The van der Waals surface area contributed by atoms with Crippen molar-refractivity contribution in [1.82, 2.24) is 10.1 Å². The number of rotatable bonds is 9. The molecule has 10 heteroatoms. The van der Waals surface area contributed by atoms with Gasteiger partial charge in [-0.3, -0.25) is 0 Å². The molecule has 1 saturated carbocycles. The summed E-state index contributed by atoms with van der Waals surface area (Å²) in [6, 6.07) is 4.35. The lowest BCUT2D eigenvalue weighted by molar-refractivity contribution is 0.174. The van der Waals surface area contributed by atoms with E-state index in [1.165, 1.54) is 18.6 Å². The van der Waals surface area contributed by atoms with E-state index in [1.807, 2.05) is 0 Å². The molecule has 1 aromatic carbocycles.